The Morgan fingerprint density at radius 2 is 1.75 bits per heavy atom. The first-order valence-corrected chi connectivity index (χ1v) is 9.44. The lowest BCUT2D eigenvalue weighted by Gasteiger charge is -2.34. The molecule has 3 rings (SSSR count). The highest BCUT2D eigenvalue weighted by atomic mass is 32.2. The maximum absolute atomic E-state index is 12.6. The molecule has 2 fully saturated rings. The number of furan rings is 1. The van der Waals surface area contributed by atoms with Crippen molar-refractivity contribution in [1.29, 1.82) is 0 Å². The van der Waals surface area contributed by atoms with E-state index >= 15 is 0 Å². The van der Waals surface area contributed by atoms with Crippen LogP contribution in [0.2, 0.25) is 0 Å². The second-order valence-corrected chi connectivity index (χ2v) is 7.97. The molecule has 3 heterocycles. The number of amides is 1. The maximum Gasteiger partial charge on any atom is 0.289 e. The van der Waals surface area contributed by atoms with E-state index in [9.17, 15) is 13.2 Å². The normalized spacial score (nSPS) is 26.5. The Kier molecular flexibility index (Phi) is 4.95. The Labute approximate surface area is 141 Å². The van der Waals surface area contributed by atoms with Crippen molar-refractivity contribution in [1.82, 2.24) is 9.21 Å². The van der Waals surface area contributed by atoms with E-state index in [4.69, 9.17) is 13.9 Å². The zero-order chi connectivity index (χ0) is 17.3. The molecule has 0 aromatic carbocycles. The number of nitrogens with zero attached hydrogens (tertiary/aromatic N) is 2. The molecule has 0 bridgehead atoms. The lowest BCUT2D eigenvalue weighted by atomic mass is 10.2. The van der Waals surface area contributed by atoms with E-state index in [1.54, 1.807) is 4.90 Å². The van der Waals surface area contributed by atoms with Crippen molar-refractivity contribution < 1.29 is 27.1 Å². The number of hydrogen-bond donors (Lipinski definition) is 0. The first-order valence-electron chi connectivity index (χ1n) is 8.00. The lowest BCUT2D eigenvalue weighted by Crippen LogP contribution is -2.48. The molecule has 0 radical (unpaired) electrons. The van der Waals surface area contributed by atoms with Crippen molar-refractivity contribution >= 4 is 15.9 Å². The van der Waals surface area contributed by atoms with Crippen LogP contribution in [0.4, 0.5) is 0 Å². The van der Waals surface area contributed by atoms with Crippen LogP contribution in [0, 0.1) is 0 Å². The molecule has 8 nitrogen and oxygen atoms in total. The quantitative estimate of drug-likeness (QED) is 0.784. The Balaban J connectivity index is 1.76. The largest absolute Gasteiger partial charge is 0.438 e. The van der Waals surface area contributed by atoms with Crippen molar-refractivity contribution in [3.8, 4) is 0 Å². The van der Waals surface area contributed by atoms with E-state index in [1.807, 2.05) is 13.8 Å². The molecule has 2 saturated heterocycles. The molecule has 2 unspecified atom stereocenters. The van der Waals surface area contributed by atoms with E-state index in [-0.39, 0.29) is 42.1 Å². The van der Waals surface area contributed by atoms with Gasteiger partial charge in [0.1, 0.15) is 0 Å². The monoisotopic (exact) mass is 358 g/mol. The topological polar surface area (TPSA) is 89.3 Å². The summed E-state index contributed by atoms with van der Waals surface area (Å²) < 4.78 is 42.5. The summed E-state index contributed by atoms with van der Waals surface area (Å²) in [6, 6.07) is 2.76. The van der Waals surface area contributed by atoms with Gasteiger partial charge in [-0.25, -0.2) is 8.42 Å². The average Bonchev–Trinajstić information content (AvgIpc) is 3.05. The third-order valence-corrected chi connectivity index (χ3v) is 5.84. The summed E-state index contributed by atoms with van der Waals surface area (Å²) in [7, 11) is -3.74. The fourth-order valence-electron chi connectivity index (χ4n) is 2.99. The van der Waals surface area contributed by atoms with Crippen LogP contribution < -0.4 is 0 Å². The Morgan fingerprint density at radius 3 is 2.38 bits per heavy atom. The maximum atomic E-state index is 12.6. The standard InChI is InChI=1S/C15H22N2O6S/c1-11-9-16(10-12(2)22-11)15(18)13-3-4-14(23-13)24(19,20)17-5-7-21-8-6-17/h3-4,11-12H,5-10H2,1-2H3. The van der Waals surface area contributed by atoms with Gasteiger partial charge in [0, 0.05) is 26.2 Å². The predicted molar refractivity (Wildman–Crippen MR) is 84.2 cm³/mol. The summed E-state index contributed by atoms with van der Waals surface area (Å²) in [6.45, 7) is 5.98. The van der Waals surface area contributed by atoms with Crippen LogP contribution in [0.25, 0.3) is 0 Å². The van der Waals surface area contributed by atoms with Gasteiger partial charge >= 0.3 is 0 Å². The van der Waals surface area contributed by atoms with Gasteiger partial charge < -0.3 is 18.8 Å². The number of sulfonamides is 1. The van der Waals surface area contributed by atoms with Crippen LogP contribution in [0.15, 0.2) is 21.6 Å². The second kappa shape index (κ2) is 6.83. The summed E-state index contributed by atoms with van der Waals surface area (Å²) in [6.07, 6.45) is -0.131. The van der Waals surface area contributed by atoms with Gasteiger partial charge in [0.2, 0.25) is 5.09 Å². The highest BCUT2D eigenvalue weighted by Crippen LogP contribution is 2.22. The van der Waals surface area contributed by atoms with Crippen molar-refractivity contribution in [2.45, 2.75) is 31.1 Å². The summed E-state index contributed by atoms with van der Waals surface area (Å²) in [5, 5.41) is -0.206. The van der Waals surface area contributed by atoms with Crippen LogP contribution >= 0.6 is 0 Å². The van der Waals surface area contributed by atoms with Gasteiger partial charge in [0.25, 0.3) is 15.9 Å². The van der Waals surface area contributed by atoms with Crippen molar-refractivity contribution in [3.05, 3.63) is 17.9 Å². The molecule has 9 heteroatoms. The number of carbonyl (C=O) groups excluding carboxylic acids is 1. The molecule has 134 valence electrons. The molecule has 1 aromatic heterocycles. The summed E-state index contributed by atoms with van der Waals surface area (Å²) in [5.41, 5.74) is 0. The Bertz CT molecular complexity index is 685. The average molecular weight is 358 g/mol. The Hall–Kier alpha value is -1.42. The van der Waals surface area contributed by atoms with Gasteiger partial charge in [-0.2, -0.15) is 4.31 Å². The fourth-order valence-corrected chi connectivity index (χ4v) is 4.31. The number of rotatable bonds is 3. The number of carbonyl (C=O) groups is 1. The Morgan fingerprint density at radius 1 is 1.12 bits per heavy atom. The molecule has 2 atom stereocenters. The number of morpholine rings is 2. The highest BCUT2D eigenvalue weighted by molar-refractivity contribution is 7.89. The molecular weight excluding hydrogens is 336 g/mol. The molecule has 1 amide bonds. The minimum atomic E-state index is -3.74. The molecule has 0 aliphatic carbocycles. The second-order valence-electron chi connectivity index (χ2n) is 6.10. The van der Waals surface area contributed by atoms with Crippen LogP contribution in [0.1, 0.15) is 24.4 Å². The van der Waals surface area contributed by atoms with Gasteiger partial charge in [-0.15, -0.1) is 0 Å². The molecule has 24 heavy (non-hydrogen) atoms. The third kappa shape index (κ3) is 3.49. The van der Waals surface area contributed by atoms with Gasteiger partial charge in [-0.3, -0.25) is 4.79 Å². The minimum absolute atomic E-state index is 0.0307. The summed E-state index contributed by atoms with van der Waals surface area (Å²) in [5.74, 6) is -0.288. The highest BCUT2D eigenvalue weighted by Gasteiger charge is 2.32. The van der Waals surface area contributed by atoms with Gasteiger partial charge in [0.05, 0.1) is 25.4 Å². The van der Waals surface area contributed by atoms with Crippen molar-refractivity contribution in [2.75, 3.05) is 39.4 Å². The van der Waals surface area contributed by atoms with E-state index in [1.165, 1.54) is 16.4 Å². The lowest BCUT2D eigenvalue weighted by molar-refractivity contribution is -0.0593. The van der Waals surface area contributed by atoms with Gasteiger partial charge in [0.15, 0.2) is 5.76 Å². The first kappa shape index (κ1) is 17.4. The smallest absolute Gasteiger partial charge is 0.289 e. The van der Waals surface area contributed by atoms with Gasteiger partial charge in [-0.1, -0.05) is 0 Å². The zero-order valence-electron chi connectivity index (χ0n) is 13.8. The van der Waals surface area contributed by atoms with Crippen molar-refractivity contribution in [3.63, 3.8) is 0 Å². The zero-order valence-corrected chi connectivity index (χ0v) is 14.6. The number of ether oxygens (including phenoxy) is 2. The predicted octanol–water partition coefficient (Wildman–Crippen LogP) is 0.550. The molecule has 1 aromatic rings. The minimum Gasteiger partial charge on any atom is -0.438 e. The summed E-state index contributed by atoms with van der Waals surface area (Å²) in [4.78, 5) is 14.2. The van der Waals surface area contributed by atoms with E-state index < -0.39 is 10.0 Å². The van der Waals surface area contributed by atoms with E-state index in [0.717, 1.165) is 0 Å². The first-order chi connectivity index (χ1) is 11.4. The third-order valence-electron chi connectivity index (χ3n) is 4.06. The molecule has 2 aliphatic rings. The molecule has 0 N–H and O–H groups in total. The van der Waals surface area contributed by atoms with Gasteiger partial charge in [-0.05, 0) is 26.0 Å². The molecule has 0 saturated carbocycles. The number of hydrogen-bond acceptors (Lipinski definition) is 6. The fraction of sp³-hybridized carbons (Fsp3) is 0.667. The SMILES string of the molecule is CC1CN(C(=O)c2ccc(S(=O)(=O)N3CCOCC3)o2)CC(C)O1. The molecular formula is C15H22N2O6S. The van der Waals surface area contributed by atoms with E-state index in [2.05, 4.69) is 0 Å². The molecule has 0 spiro atoms. The molecule has 2 aliphatic heterocycles. The van der Waals surface area contributed by atoms with Crippen LogP contribution in [-0.4, -0.2) is 75.1 Å². The van der Waals surface area contributed by atoms with E-state index in [0.29, 0.717) is 26.3 Å². The van der Waals surface area contributed by atoms with Crippen LogP contribution in [-0.2, 0) is 19.5 Å². The van der Waals surface area contributed by atoms with Crippen LogP contribution in [0.3, 0.4) is 0 Å². The van der Waals surface area contributed by atoms with Crippen molar-refractivity contribution in [2.24, 2.45) is 0 Å². The van der Waals surface area contributed by atoms with Crippen LogP contribution in [0.5, 0.6) is 0 Å². The summed E-state index contributed by atoms with van der Waals surface area (Å²) >= 11 is 0.